The molecule has 1 fully saturated rings. The van der Waals surface area contributed by atoms with Crippen molar-refractivity contribution < 1.29 is 13.2 Å². The fourth-order valence-electron chi connectivity index (χ4n) is 2.98. The topological polar surface area (TPSA) is 95.5 Å². The van der Waals surface area contributed by atoms with Crippen LogP contribution >= 0.6 is 0 Å². The van der Waals surface area contributed by atoms with Crippen LogP contribution in [0.3, 0.4) is 0 Å². The highest BCUT2D eigenvalue weighted by atomic mass is 32.2. The number of piperazine rings is 1. The molecule has 1 amide bonds. The predicted octanol–water partition coefficient (Wildman–Crippen LogP) is 0.667. The van der Waals surface area contributed by atoms with Crippen molar-refractivity contribution in [2.75, 3.05) is 43.4 Å². The molecule has 27 heavy (non-hydrogen) atoms. The second-order valence-electron chi connectivity index (χ2n) is 6.39. The van der Waals surface area contributed by atoms with E-state index in [1.165, 1.54) is 28.5 Å². The van der Waals surface area contributed by atoms with Gasteiger partial charge in [-0.1, -0.05) is 12.1 Å². The van der Waals surface area contributed by atoms with Gasteiger partial charge in [-0.25, -0.2) is 13.4 Å². The molecule has 0 saturated carbocycles. The number of hydrogen-bond acceptors (Lipinski definition) is 6. The molecule has 1 aliphatic rings. The number of carbonyl (C=O) groups excluding carboxylic acids is 1. The van der Waals surface area contributed by atoms with Gasteiger partial charge in [0, 0.05) is 50.8 Å². The fraction of sp³-hybridized carbons (Fsp3) is 0.389. The summed E-state index contributed by atoms with van der Waals surface area (Å²) in [5.41, 5.74) is 2.46. The molecule has 2 heterocycles. The zero-order valence-electron chi connectivity index (χ0n) is 15.2. The van der Waals surface area contributed by atoms with Gasteiger partial charge in [-0.05, 0) is 24.6 Å². The Morgan fingerprint density at radius 3 is 2.63 bits per heavy atom. The average Bonchev–Trinajstić information content (AvgIpc) is 2.68. The lowest BCUT2D eigenvalue weighted by molar-refractivity contribution is 0.0950. The van der Waals surface area contributed by atoms with Crippen LogP contribution in [-0.2, 0) is 10.0 Å². The highest BCUT2D eigenvalue weighted by Crippen LogP contribution is 2.18. The third-order valence-corrected chi connectivity index (χ3v) is 6.31. The van der Waals surface area contributed by atoms with E-state index in [0.29, 0.717) is 26.2 Å². The molecule has 0 unspecified atom stereocenters. The number of rotatable bonds is 6. The van der Waals surface area contributed by atoms with Crippen molar-refractivity contribution in [3.05, 3.63) is 54.1 Å². The van der Waals surface area contributed by atoms with Gasteiger partial charge in [0.05, 0.1) is 11.9 Å². The molecule has 144 valence electrons. The summed E-state index contributed by atoms with van der Waals surface area (Å²) in [5, 5.41) is 2.58. The Morgan fingerprint density at radius 2 is 1.96 bits per heavy atom. The maximum absolute atomic E-state index is 12.5. The Bertz CT molecular complexity index is 881. The molecular weight excluding hydrogens is 366 g/mol. The summed E-state index contributed by atoms with van der Waals surface area (Å²) in [6.45, 7) is 4.25. The van der Waals surface area contributed by atoms with E-state index in [0.717, 1.165) is 5.69 Å². The smallest absolute Gasteiger partial charge is 0.271 e. The summed E-state index contributed by atoms with van der Waals surface area (Å²) in [5.74, 6) is -0.564. The van der Waals surface area contributed by atoms with Gasteiger partial charge in [-0.3, -0.25) is 9.78 Å². The van der Waals surface area contributed by atoms with Gasteiger partial charge in [0.25, 0.3) is 5.91 Å². The number of aromatic nitrogens is 2. The lowest BCUT2D eigenvalue weighted by atomic mass is 10.2. The second kappa shape index (κ2) is 8.45. The number of hydrogen-bond donors (Lipinski definition) is 1. The average molecular weight is 389 g/mol. The van der Waals surface area contributed by atoms with E-state index in [-0.39, 0.29) is 18.0 Å². The van der Waals surface area contributed by atoms with Crippen molar-refractivity contribution in [1.82, 2.24) is 19.6 Å². The highest BCUT2D eigenvalue weighted by molar-refractivity contribution is 7.89. The third kappa shape index (κ3) is 5.01. The third-order valence-electron chi connectivity index (χ3n) is 4.44. The van der Waals surface area contributed by atoms with Crippen LogP contribution in [0.1, 0.15) is 16.1 Å². The summed E-state index contributed by atoms with van der Waals surface area (Å²) in [6, 6.07) is 8.19. The molecule has 1 N–H and O–H groups in total. The molecule has 1 saturated heterocycles. The van der Waals surface area contributed by atoms with Crippen LogP contribution in [0, 0.1) is 6.92 Å². The first kappa shape index (κ1) is 19.2. The SMILES string of the molecule is Cc1cccc(N2CCN(S(=O)(=O)CCNC(=O)c3cnccn3)CC2)c1. The summed E-state index contributed by atoms with van der Waals surface area (Å²) < 4.78 is 26.6. The molecule has 2 aromatic rings. The standard InChI is InChI=1S/C18H23N5O3S/c1-15-3-2-4-16(13-15)22-8-10-23(11-9-22)27(25,26)12-7-21-18(24)17-14-19-5-6-20-17/h2-6,13-14H,7-12H2,1H3,(H,21,24). The van der Waals surface area contributed by atoms with E-state index < -0.39 is 15.9 Å². The summed E-state index contributed by atoms with van der Waals surface area (Å²) in [6.07, 6.45) is 4.23. The number of benzene rings is 1. The van der Waals surface area contributed by atoms with E-state index in [2.05, 4.69) is 26.3 Å². The van der Waals surface area contributed by atoms with Gasteiger partial charge in [0.2, 0.25) is 10.0 Å². The Hall–Kier alpha value is -2.52. The molecular formula is C18H23N5O3S. The minimum Gasteiger partial charge on any atom is -0.369 e. The van der Waals surface area contributed by atoms with Crippen LogP contribution in [0.5, 0.6) is 0 Å². The zero-order valence-corrected chi connectivity index (χ0v) is 16.0. The lowest BCUT2D eigenvalue weighted by Gasteiger charge is -2.35. The summed E-state index contributed by atoms with van der Waals surface area (Å²) in [7, 11) is -3.42. The normalized spacial score (nSPS) is 15.5. The molecule has 9 heteroatoms. The highest BCUT2D eigenvalue weighted by Gasteiger charge is 2.27. The molecule has 0 bridgehead atoms. The van der Waals surface area contributed by atoms with E-state index in [1.807, 2.05) is 25.1 Å². The number of nitrogens with one attached hydrogen (secondary N) is 1. The maximum Gasteiger partial charge on any atom is 0.271 e. The number of sulfonamides is 1. The summed E-state index contributed by atoms with van der Waals surface area (Å²) in [4.78, 5) is 21.8. The molecule has 1 aromatic heterocycles. The van der Waals surface area contributed by atoms with Crippen molar-refractivity contribution in [1.29, 1.82) is 0 Å². The van der Waals surface area contributed by atoms with E-state index in [4.69, 9.17) is 0 Å². The first-order valence-corrected chi connectivity index (χ1v) is 10.4. The van der Waals surface area contributed by atoms with Crippen LogP contribution in [0.4, 0.5) is 5.69 Å². The number of aryl methyl sites for hydroxylation is 1. The molecule has 8 nitrogen and oxygen atoms in total. The molecule has 1 aliphatic heterocycles. The van der Waals surface area contributed by atoms with Gasteiger partial charge < -0.3 is 10.2 Å². The van der Waals surface area contributed by atoms with Crippen molar-refractivity contribution in [3.8, 4) is 0 Å². The first-order chi connectivity index (χ1) is 13.0. The van der Waals surface area contributed by atoms with Gasteiger partial charge in [0.1, 0.15) is 5.69 Å². The Morgan fingerprint density at radius 1 is 1.19 bits per heavy atom. The van der Waals surface area contributed by atoms with Crippen LogP contribution in [0.15, 0.2) is 42.9 Å². The zero-order chi connectivity index (χ0) is 19.3. The number of carbonyl (C=O) groups is 1. The molecule has 0 atom stereocenters. The van der Waals surface area contributed by atoms with Crippen LogP contribution in [0.25, 0.3) is 0 Å². The Balaban J connectivity index is 1.49. The molecule has 0 aliphatic carbocycles. The molecule has 1 aromatic carbocycles. The van der Waals surface area contributed by atoms with Crippen molar-refractivity contribution in [2.45, 2.75) is 6.92 Å². The van der Waals surface area contributed by atoms with Gasteiger partial charge in [-0.15, -0.1) is 0 Å². The van der Waals surface area contributed by atoms with Gasteiger partial charge in [-0.2, -0.15) is 4.31 Å². The molecule has 3 rings (SSSR count). The lowest BCUT2D eigenvalue weighted by Crippen LogP contribution is -2.50. The van der Waals surface area contributed by atoms with E-state index in [9.17, 15) is 13.2 Å². The van der Waals surface area contributed by atoms with Crippen LogP contribution in [-0.4, -0.2) is 67.1 Å². The van der Waals surface area contributed by atoms with Crippen molar-refractivity contribution in [3.63, 3.8) is 0 Å². The molecule has 0 spiro atoms. The number of nitrogens with zero attached hydrogens (tertiary/aromatic N) is 4. The predicted molar refractivity (Wildman–Crippen MR) is 103 cm³/mol. The van der Waals surface area contributed by atoms with E-state index >= 15 is 0 Å². The Kier molecular flexibility index (Phi) is 6.02. The Labute approximate surface area is 159 Å². The monoisotopic (exact) mass is 389 g/mol. The largest absolute Gasteiger partial charge is 0.369 e. The number of amides is 1. The fourth-order valence-corrected chi connectivity index (χ4v) is 4.32. The minimum absolute atomic E-state index is 0.0375. The van der Waals surface area contributed by atoms with E-state index in [1.54, 1.807) is 0 Å². The van der Waals surface area contributed by atoms with Crippen molar-refractivity contribution >= 4 is 21.6 Å². The summed E-state index contributed by atoms with van der Waals surface area (Å²) >= 11 is 0. The quantitative estimate of drug-likeness (QED) is 0.780. The van der Waals surface area contributed by atoms with Gasteiger partial charge in [0.15, 0.2) is 0 Å². The second-order valence-corrected chi connectivity index (χ2v) is 8.48. The van der Waals surface area contributed by atoms with Gasteiger partial charge >= 0.3 is 0 Å². The minimum atomic E-state index is -3.42. The molecule has 0 radical (unpaired) electrons. The number of anilines is 1. The maximum atomic E-state index is 12.5. The first-order valence-electron chi connectivity index (χ1n) is 8.79. The van der Waals surface area contributed by atoms with Crippen LogP contribution in [0.2, 0.25) is 0 Å². The van der Waals surface area contributed by atoms with Crippen molar-refractivity contribution in [2.24, 2.45) is 0 Å². The van der Waals surface area contributed by atoms with Crippen LogP contribution < -0.4 is 10.2 Å².